The molecule has 0 bridgehead atoms. The van der Waals surface area contributed by atoms with Crippen molar-refractivity contribution in [2.45, 2.75) is 84.4 Å². The molecule has 0 aromatic heterocycles. The van der Waals surface area contributed by atoms with Crippen LogP contribution in [0, 0.1) is 17.8 Å². The summed E-state index contributed by atoms with van der Waals surface area (Å²) >= 11 is 0. The molecule has 1 amide bonds. The number of carbonyl (C=O) groups is 1. The molecule has 5 heteroatoms. The highest BCUT2D eigenvalue weighted by atomic mass is 16.3. The second-order valence-corrected chi connectivity index (χ2v) is 9.96. The fourth-order valence-electron chi connectivity index (χ4n) is 4.50. The Hall–Kier alpha value is -0.650. The number of amides is 1. The number of nitrogens with one attached hydrogen (secondary N) is 2. The molecule has 1 aliphatic carbocycles. The van der Waals surface area contributed by atoms with E-state index in [-0.39, 0.29) is 17.5 Å². The van der Waals surface area contributed by atoms with Gasteiger partial charge in [-0.25, -0.2) is 0 Å². The lowest BCUT2D eigenvalue weighted by Gasteiger charge is -2.46. The number of likely N-dealkylation sites (tertiary alicyclic amines) is 1. The minimum Gasteiger partial charge on any atom is -0.390 e. The average Bonchev–Trinajstić information content (AvgIpc) is 2.52. The average molecular weight is 368 g/mol. The summed E-state index contributed by atoms with van der Waals surface area (Å²) in [5.74, 6) is 2.07. The number of hydrogen-bond acceptors (Lipinski definition) is 4. The summed E-state index contributed by atoms with van der Waals surface area (Å²) in [6.45, 7) is 13.5. The van der Waals surface area contributed by atoms with Gasteiger partial charge in [0.2, 0.25) is 5.91 Å². The van der Waals surface area contributed by atoms with Crippen LogP contribution in [0.4, 0.5) is 0 Å². The quantitative estimate of drug-likeness (QED) is 0.646. The Balaban J connectivity index is 1.99. The van der Waals surface area contributed by atoms with Crippen molar-refractivity contribution in [2.75, 3.05) is 26.2 Å². The third-order valence-electron chi connectivity index (χ3n) is 5.68. The zero-order valence-corrected chi connectivity index (χ0v) is 17.6. The van der Waals surface area contributed by atoms with Crippen LogP contribution in [0.15, 0.2) is 0 Å². The first-order valence-corrected chi connectivity index (χ1v) is 10.6. The molecular weight excluding hydrogens is 326 g/mol. The highest BCUT2D eigenvalue weighted by Gasteiger charge is 2.40. The second kappa shape index (κ2) is 9.52. The predicted octanol–water partition coefficient (Wildman–Crippen LogP) is 2.39. The molecule has 0 aromatic rings. The fourth-order valence-corrected chi connectivity index (χ4v) is 4.50. The van der Waals surface area contributed by atoms with Crippen LogP contribution in [0.1, 0.15) is 66.7 Å². The predicted molar refractivity (Wildman–Crippen MR) is 107 cm³/mol. The number of aliphatic hydroxyl groups excluding tert-OH is 1. The second-order valence-electron chi connectivity index (χ2n) is 9.96. The molecule has 0 unspecified atom stereocenters. The lowest BCUT2D eigenvalue weighted by molar-refractivity contribution is -0.132. The van der Waals surface area contributed by atoms with E-state index in [0.717, 1.165) is 19.5 Å². The Kier molecular flexibility index (Phi) is 7.92. The number of β-amino-alcohol motifs (C(OH)–C–C–N with tert-alkyl or cyclic N) is 1. The van der Waals surface area contributed by atoms with Crippen LogP contribution < -0.4 is 10.6 Å². The van der Waals surface area contributed by atoms with Gasteiger partial charge < -0.3 is 15.7 Å². The molecule has 0 radical (unpaired) electrons. The molecule has 2 fully saturated rings. The molecule has 0 spiro atoms. The third-order valence-corrected chi connectivity index (χ3v) is 5.68. The fraction of sp³-hybridized carbons (Fsp3) is 0.952. The summed E-state index contributed by atoms with van der Waals surface area (Å²) in [6.07, 6.45) is 5.66. The van der Waals surface area contributed by atoms with Crippen molar-refractivity contribution < 1.29 is 9.90 Å². The number of aliphatic hydroxyl groups is 1. The monoisotopic (exact) mass is 367 g/mol. The van der Waals surface area contributed by atoms with Crippen LogP contribution in [-0.4, -0.2) is 59.8 Å². The van der Waals surface area contributed by atoms with E-state index in [2.05, 4.69) is 29.4 Å². The molecular formula is C21H41N3O2. The zero-order valence-electron chi connectivity index (χ0n) is 17.6. The van der Waals surface area contributed by atoms with E-state index in [9.17, 15) is 9.90 Å². The molecule has 3 N–H and O–H groups in total. The van der Waals surface area contributed by atoms with E-state index in [1.807, 2.05) is 20.8 Å². The van der Waals surface area contributed by atoms with Gasteiger partial charge in [-0.1, -0.05) is 33.1 Å². The van der Waals surface area contributed by atoms with Crippen LogP contribution in [0.3, 0.4) is 0 Å². The van der Waals surface area contributed by atoms with Gasteiger partial charge in [0.25, 0.3) is 0 Å². The van der Waals surface area contributed by atoms with E-state index in [1.54, 1.807) is 0 Å². The van der Waals surface area contributed by atoms with Crippen molar-refractivity contribution in [3.05, 3.63) is 0 Å². The Labute approximate surface area is 160 Å². The number of hydrogen-bond donors (Lipinski definition) is 3. The number of piperidine rings is 1. The highest BCUT2D eigenvalue weighted by Crippen LogP contribution is 2.38. The van der Waals surface area contributed by atoms with E-state index in [1.165, 1.54) is 25.7 Å². The molecule has 1 aliphatic heterocycles. The van der Waals surface area contributed by atoms with Crippen molar-refractivity contribution in [3.63, 3.8) is 0 Å². The molecule has 4 atom stereocenters. The maximum absolute atomic E-state index is 12.9. The van der Waals surface area contributed by atoms with Crippen molar-refractivity contribution in [2.24, 2.45) is 17.8 Å². The first kappa shape index (κ1) is 21.6. The first-order valence-electron chi connectivity index (χ1n) is 10.6. The van der Waals surface area contributed by atoms with Gasteiger partial charge in [0.05, 0.1) is 12.1 Å². The summed E-state index contributed by atoms with van der Waals surface area (Å²) in [4.78, 5) is 15.2. The number of nitrogens with zero attached hydrogens (tertiary/aromatic N) is 1. The number of rotatable bonds is 7. The van der Waals surface area contributed by atoms with E-state index < -0.39 is 6.10 Å². The normalized spacial score (nSPS) is 28.7. The standard InChI is InChI=1S/C21H41N3O2/c1-15(2)11-22-12-18(25)14-24-13-17-9-7-6-8-16(17)10-19(24)20(26)23-21(3,4)5/h15-19,22,25H,6-14H2,1-5H3,(H,23,26)/t16-,17+,18-,19-/m0/s1. The Morgan fingerprint density at radius 3 is 2.42 bits per heavy atom. The van der Waals surface area contributed by atoms with Gasteiger partial charge in [-0.15, -0.1) is 0 Å². The van der Waals surface area contributed by atoms with E-state index in [0.29, 0.717) is 30.8 Å². The van der Waals surface area contributed by atoms with Crippen LogP contribution >= 0.6 is 0 Å². The smallest absolute Gasteiger partial charge is 0.237 e. The zero-order chi connectivity index (χ0) is 19.3. The largest absolute Gasteiger partial charge is 0.390 e. The number of fused-ring (bicyclic) bond motifs is 1. The summed E-state index contributed by atoms with van der Waals surface area (Å²) in [7, 11) is 0. The van der Waals surface area contributed by atoms with Crippen molar-refractivity contribution >= 4 is 5.91 Å². The van der Waals surface area contributed by atoms with Crippen molar-refractivity contribution in [1.82, 2.24) is 15.5 Å². The minimum absolute atomic E-state index is 0.103. The minimum atomic E-state index is -0.432. The summed E-state index contributed by atoms with van der Waals surface area (Å²) in [5.41, 5.74) is -0.219. The molecule has 5 nitrogen and oxygen atoms in total. The SMILES string of the molecule is CC(C)CNC[C@H](O)CN1C[C@H]2CCCC[C@H]2C[C@H]1C(=O)NC(C)(C)C. The van der Waals surface area contributed by atoms with Gasteiger partial charge in [0.1, 0.15) is 0 Å². The van der Waals surface area contributed by atoms with Gasteiger partial charge in [-0.3, -0.25) is 9.69 Å². The summed E-state index contributed by atoms with van der Waals surface area (Å²) in [5, 5.41) is 17.0. The van der Waals surface area contributed by atoms with Gasteiger partial charge in [0, 0.05) is 25.2 Å². The molecule has 0 aromatic carbocycles. The summed E-state index contributed by atoms with van der Waals surface area (Å²) in [6, 6.07) is -0.103. The van der Waals surface area contributed by atoms with Crippen LogP contribution in [0.2, 0.25) is 0 Å². The van der Waals surface area contributed by atoms with Crippen molar-refractivity contribution in [3.8, 4) is 0 Å². The number of carbonyl (C=O) groups excluding carboxylic acids is 1. The lowest BCUT2D eigenvalue weighted by atomic mass is 9.72. The maximum Gasteiger partial charge on any atom is 0.237 e. The first-order chi connectivity index (χ1) is 12.2. The van der Waals surface area contributed by atoms with Gasteiger partial charge >= 0.3 is 0 Å². The Morgan fingerprint density at radius 2 is 1.81 bits per heavy atom. The molecule has 1 saturated carbocycles. The Bertz CT molecular complexity index is 447. The third kappa shape index (κ3) is 6.82. The molecule has 2 aliphatic rings. The molecule has 1 heterocycles. The van der Waals surface area contributed by atoms with Crippen molar-refractivity contribution in [1.29, 1.82) is 0 Å². The summed E-state index contributed by atoms with van der Waals surface area (Å²) < 4.78 is 0. The van der Waals surface area contributed by atoms with Crippen LogP contribution in [0.5, 0.6) is 0 Å². The maximum atomic E-state index is 12.9. The highest BCUT2D eigenvalue weighted by molar-refractivity contribution is 5.82. The lowest BCUT2D eigenvalue weighted by Crippen LogP contribution is -2.59. The van der Waals surface area contributed by atoms with Gasteiger partial charge in [-0.2, -0.15) is 0 Å². The van der Waals surface area contributed by atoms with E-state index >= 15 is 0 Å². The Morgan fingerprint density at radius 1 is 1.15 bits per heavy atom. The topological polar surface area (TPSA) is 64.6 Å². The molecule has 152 valence electrons. The molecule has 1 saturated heterocycles. The molecule has 2 rings (SSSR count). The van der Waals surface area contributed by atoms with Crippen LogP contribution in [-0.2, 0) is 4.79 Å². The van der Waals surface area contributed by atoms with Crippen LogP contribution in [0.25, 0.3) is 0 Å². The van der Waals surface area contributed by atoms with E-state index in [4.69, 9.17) is 0 Å². The molecule has 26 heavy (non-hydrogen) atoms. The van der Waals surface area contributed by atoms with Gasteiger partial charge in [0.15, 0.2) is 0 Å². The van der Waals surface area contributed by atoms with Gasteiger partial charge in [-0.05, 0) is 57.9 Å².